The standard InChI is InChI=1S/C26H20FN3OS4/c1-16-24(23-13-12-22(34-23)21-3-2-14-32-21)28-26(29-25(16)31)33-15-17-4-8-19(9-5-17)30-35-20-10-6-18(27)7-11-20/h2-14,30H,15H2,1H3,(H,28,29,31). The Morgan fingerprint density at radius 1 is 0.971 bits per heavy atom. The first-order valence-corrected chi connectivity index (χ1v) is 14.2. The molecule has 176 valence electrons. The van der Waals surface area contributed by atoms with Gasteiger partial charge in [-0.15, -0.1) is 22.7 Å². The van der Waals surface area contributed by atoms with Crippen molar-refractivity contribution in [1.82, 2.24) is 9.97 Å². The van der Waals surface area contributed by atoms with Crippen molar-refractivity contribution in [2.75, 3.05) is 4.72 Å². The molecule has 0 aliphatic carbocycles. The van der Waals surface area contributed by atoms with Gasteiger partial charge in [0.2, 0.25) is 0 Å². The molecule has 0 aliphatic heterocycles. The predicted octanol–water partition coefficient (Wildman–Crippen LogP) is 8.09. The highest BCUT2D eigenvalue weighted by Crippen LogP contribution is 2.37. The van der Waals surface area contributed by atoms with Crippen molar-refractivity contribution in [2.45, 2.75) is 22.7 Å². The lowest BCUT2D eigenvalue weighted by molar-refractivity contribution is 0.626. The maximum atomic E-state index is 13.0. The summed E-state index contributed by atoms with van der Waals surface area (Å²) < 4.78 is 16.3. The molecule has 0 spiro atoms. The molecule has 0 saturated heterocycles. The molecule has 35 heavy (non-hydrogen) atoms. The average Bonchev–Trinajstić information content (AvgIpc) is 3.57. The molecule has 0 fully saturated rings. The zero-order valence-corrected chi connectivity index (χ0v) is 21.8. The van der Waals surface area contributed by atoms with Crippen LogP contribution >= 0.6 is 46.4 Å². The third kappa shape index (κ3) is 5.87. The molecule has 3 heterocycles. The van der Waals surface area contributed by atoms with Crippen molar-refractivity contribution in [3.63, 3.8) is 0 Å². The number of hydrogen-bond acceptors (Lipinski definition) is 7. The van der Waals surface area contributed by atoms with Crippen molar-refractivity contribution in [1.29, 1.82) is 0 Å². The van der Waals surface area contributed by atoms with Gasteiger partial charge in [-0.1, -0.05) is 30.0 Å². The van der Waals surface area contributed by atoms with E-state index < -0.39 is 0 Å². The summed E-state index contributed by atoms with van der Waals surface area (Å²) >= 11 is 6.29. The van der Waals surface area contributed by atoms with E-state index in [1.807, 2.05) is 43.3 Å². The summed E-state index contributed by atoms with van der Waals surface area (Å²) in [6.45, 7) is 1.82. The Labute approximate surface area is 218 Å². The molecule has 4 nitrogen and oxygen atoms in total. The number of nitrogens with one attached hydrogen (secondary N) is 2. The van der Waals surface area contributed by atoms with Gasteiger partial charge in [-0.2, -0.15) is 0 Å². The number of halogens is 1. The van der Waals surface area contributed by atoms with Crippen LogP contribution in [-0.2, 0) is 5.75 Å². The number of anilines is 1. The predicted molar refractivity (Wildman–Crippen MR) is 148 cm³/mol. The summed E-state index contributed by atoms with van der Waals surface area (Å²) in [5.74, 6) is 0.438. The zero-order valence-electron chi connectivity index (χ0n) is 18.6. The highest BCUT2D eigenvalue weighted by molar-refractivity contribution is 8.00. The number of thiophene rings is 2. The molecule has 5 aromatic rings. The minimum Gasteiger partial charge on any atom is -0.326 e. The minimum atomic E-state index is -0.244. The molecule has 2 aromatic carbocycles. The van der Waals surface area contributed by atoms with Gasteiger partial charge in [-0.3, -0.25) is 4.79 Å². The van der Waals surface area contributed by atoms with Crippen LogP contribution in [0.25, 0.3) is 20.3 Å². The summed E-state index contributed by atoms with van der Waals surface area (Å²) in [6.07, 6.45) is 0. The summed E-state index contributed by atoms with van der Waals surface area (Å²) in [5.41, 5.74) is 3.33. The Morgan fingerprint density at radius 2 is 1.74 bits per heavy atom. The first-order valence-electron chi connectivity index (χ1n) is 10.7. The van der Waals surface area contributed by atoms with E-state index in [-0.39, 0.29) is 11.4 Å². The van der Waals surface area contributed by atoms with Gasteiger partial charge in [0.15, 0.2) is 5.16 Å². The zero-order chi connectivity index (χ0) is 24.2. The van der Waals surface area contributed by atoms with Crippen LogP contribution < -0.4 is 10.3 Å². The highest BCUT2D eigenvalue weighted by Gasteiger charge is 2.14. The van der Waals surface area contributed by atoms with Crippen LogP contribution in [-0.4, -0.2) is 9.97 Å². The molecule has 5 rings (SSSR count). The molecule has 9 heteroatoms. The van der Waals surface area contributed by atoms with Crippen LogP contribution in [0.3, 0.4) is 0 Å². The lowest BCUT2D eigenvalue weighted by atomic mass is 10.2. The topological polar surface area (TPSA) is 57.8 Å². The molecular weight excluding hydrogens is 518 g/mol. The molecule has 3 aromatic heterocycles. The van der Waals surface area contributed by atoms with E-state index in [1.165, 1.54) is 45.6 Å². The van der Waals surface area contributed by atoms with Crippen LogP contribution in [0, 0.1) is 12.7 Å². The fourth-order valence-electron chi connectivity index (χ4n) is 3.28. The highest BCUT2D eigenvalue weighted by atomic mass is 32.2. The van der Waals surface area contributed by atoms with Gasteiger partial charge < -0.3 is 9.71 Å². The molecule has 0 bridgehead atoms. The van der Waals surface area contributed by atoms with Crippen molar-refractivity contribution in [3.8, 4) is 20.3 Å². The second kappa shape index (κ2) is 10.8. The number of aromatic amines is 1. The van der Waals surface area contributed by atoms with Crippen LogP contribution in [0.4, 0.5) is 10.1 Å². The van der Waals surface area contributed by atoms with E-state index in [1.54, 1.807) is 34.8 Å². The van der Waals surface area contributed by atoms with Gasteiger partial charge in [-0.25, -0.2) is 9.37 Å². The SMILES string of the molecule is Cc1c(-c2ccc(-c3cccs3)s2)nc(SCc2ccc(NSc3ccc(F)cc3)cc2)[nH]c1=O. The normalized spacial score (nSPS) is 11.0. The molecule has 0 radical (unpaired) electrons. The summed E-state index contributed by atoms with van der Waals surface area (Å²) in [7, 11) is 0. The van der Waals surface area contributed by atoms with Crippen LogP contribution in [0.15, 0.2) is 93.0 Å². The number of H-pyrrole nitrogens is 1. The van der Waals surface area contributed by atoms with Gasteiger partial charge in [0.05, 0.1) is 10.6 Å². The van der Waals surface area contributed by atoms with Crippen LogP contribution in [0.1, 0.15) is 11.1 Å². The fraction of sp³-hybridized carbons (Fsp3) is 0.0769. The lowest BCUT2D eigenvalue weighted by Gasteiger charge is -2.08. The minimum absolute atomic E-state index is 0.110. The van der Waals surface area contributed by atoms with E-state index in [9.17, 15) is 9.18 Å². The molecule has 0 unspecified atom stereocenters. The Kier molecular flexibility index (Phi) is 7.38. The van der Waals surface area contributed by atoms with E-state index in [0.717, 1.165) is 26.7 Å². The molecule has 0 saturated carbocycles. The molecule has 2 N–H and O–H groups in total. The third-order valence-corrected chi connectivity index (χ3v) is 9.11. The van der Waals surface area contributed by atoms with Gasteiger partial charge in [0.25, 0.3) is 5.56 Å². The number of benzene rings is 2. The van der Waals surface area contributed by atoms with Crippen molar-refractivity contribution < 1.29 is 4.39 Å². The maximum Gasteiger partial charge on any atom is 0.255 e. The Morgan fingerprint density at radius 3 is 2.49 bits per heavy atom. The van der Waals surface area contributed by atoms with Crippen molar-refractivity contribution in [3.05, 3.63) is 105 Å². The number of hydrogen-bond donors (Lipinski definition) is 2. The van der Waals surface area contributed by atoms with Gasteiger partial charge in [0, 0.05) is 31.7 Å². The van der Waals surface area contributed by atoms with Gasteiger partial charge in [-0.05, 0) is 84.4 Å². The first-order chi connectivity index (χ1) is 17.0. The van der Waals surface area contributed by atoms with E-state index >= 15 is 0 Å². The van der Waals surface area contributed by atoms with E-state index in [2.05, 4.69) is 27.2 Å². The maximum absolute atomic E-state index is 13.0. The Bertz CT molecular complexity index is 1480. The third-order valence-electron chi connectivity index (χ3n) is 5.16. The number of rotatable bonds is 8. The quantitative estimate of drug-likeness (QED) is 0.119. The van der Waals surface area contributed by atoms with Crippen molar-refractivity contribution >= 4 is 52.1 Å². The van der Waals surface area contributed by atoms with Crippen LogP contribution in [0.5, 0.6) is 0 Å². The number of thioether (sulfide) groups is 1. The second-order valence-electron chi connectivity index (χ2n) is 7.63. The molecule has 0 amide bonds. The summed E-state index contributed by atoms with van der Waals surface area (Å²) in [5, 5.41) is 2.67. The summed E-state index contributed by atoms with van der Waals surface area (Å²) in [4.78, 5) is 24.6. The average molecular weight is 538 g/mol. The first kappa shape index (κ1) is 23.9. The molecular formula is C26H20FN3OS4. The van der Waals surface area contributed by atoms with E-state index in [4.69, 9.17) is 4.98 Å². The summed E-state index contributed by atoms with van der Waals surface area (Å²) in [6, 6.07) is 22.7. The lowest BCUT2D eigenvalue weighted by Crippen LogP contribution is -2.13. The second-order valence-corrected chi connectivity index (χ2v) is 11.5. The molecule has 0 atom stereocenters. The largest absolute Gasteiger partial charge is 0.326 e. The van der Waals surface area contributed by atoms with Crippen LogP contribution in [0.2, 0.25) is 0 Å². The Balaban J connectivity index is 1.25. The van der Waals surface area contributed by atoms with E-state index in [0.29, 0.717) is 16.5 Å². The smallest absolute Gasteiger partial charge is 0.255 e. The molecule has 0 aliphatic rings. The number of nitrogens with zero attached hydrogens (tertiary/aromatic N) is 1. The monoisotopic (exact) mass is 537 g/mol. The van der Waals surface area contributed by atoms with Crippen molar-refractivity contribution in [2.24, 2.45) is 0 Å². The Hall–Kier alpha value is -2.85. The number of aromatic nitrogens is 2. The fourth-order valence-corrected chi connectivity index (χ4v) is 6.63. The van der Waals surface area contributed by atoms with Gasteiger partial charge in [0.1, 0.15) is 5.82 Å². The van der Waals surface area contributed by atoms with Gasteiger partial charge >= 0.3 is 0 Å².